The second-order valence-electron chi connectivity index (χ2n) is 8.23. The third-order valence-corrected chi connectivity index (χ3v) is 7.42. The topological polar surface area (TPSA) is 79.3 Å². The quantitative estimate of drug-likeness (QED) is 0.291. The molecule has 0 saturated heterocycles. The Morgan fingerprint density at radius 3 is 2.27 bits per heavy atom. The molecule has 166 valence electrons. The average Bonchev–Trinajstić information content (AvgIpc) is 3.47. The fourth-order valence-electron chi connectivity index (χ4n) is 4.45. The lowest BCUT2D eigenvalue weighted by Crippen LogP contribution is -2.25. The predicted molar refractivity (Wildman–Crippen MR) is 133 cm³/mol. The standard InChI is InChI=1S/C26H21ClN2O3S/c27-21-5-2-6-22-23(21)29-26(33-22)28-18-13-11-16(12-14-18)15-7-9-17(10-8-15)24(30)19-3-1-4-20(19)25(31)32/h2,5-14,19-20H,1,3-4H2,(H,28,29)(H,31,32). The van der Waals surface area contributed by atoms with Crippen molar-refractivity contribution in [2.45, 2.75) is 19.3 Å². The van der Waals surface area contributed by atoms with Crippen LogP contribution in [0.15, 0.2) is 66.7 Å². The van der Waals surface area contributed by atoms with Crippen molar-refractivity contribution in [3.05, 3.63) is 77.3 Å². The number of fused-ring (bicyclic) bond motifs is 1. The SMILES string of the molecule is O=C(O)C1CCCC1C(=O)c1ccc(-c2ccc(Nc3nc4c(Cl)cccc4s3)cc2)cc1. The van der Waals surface area contributed by atoms with Gasteiger partial charge in [0, 0.05) is 17.2 Å². The van der Waals surface area contributed by atoms with E-state index in [1.54, 1.807) is 23.5 Å². The molecule has 0 radical (unpaired) electrons. The summed E-state index contributed by atoms with van der Waals surface area (Å²) in [4.78, 5) is 28.8. The number of carbonyl (C=O) groups is 2. The highest BCUT2D eigenvalue weighted by Crippen LogP contribution is 2.35. The summed E-state index contributed by atoms with van der Waals surface area (Å²) in [7, 11) is 0. The molecule has 4 aromatic rings. The van der Waals surface area contributed by atoms with Gasteiger partial charge >= 0.3 is 5.97 Å². The van der Waals surface area contributed by atoms with Crippen LogP contribution in [0, 0.1) is 11.8 Å². The smallest absolute Gasteiger partial charge is 0.307 e. The van der Waals surface area contributed by atoms with Crippen molar-refractivity contribution >= 4 is 55.7 Å². The van der Waals surface area contributed by atoms with Crippen molar-refractivity contribution in [2.24, 2.45) is 11.8 Å². The lowest BCUT2D eigenvalue weighted by molar-refractivity contribution is -0.142. The number of carbonyl (C=O) groups excluding carboxylic acids is 1. The number of hydrogen-bond acceptors (Lipinski definition) is 5. The summed E-state index contributed by atoms with van der Waals surface area (Å²) in [5.41, 5.74) is 4.30. The first-order valence-corrected chi connectivity index (χ1v) is 12.0. The Kier molecular flexibility index (Phi) is 5.87. The van der Waals surface area contributed by atoms with Crippen LogP contribution in [0.1, 0.15) is 29.6 Å². The Bertz CT molecular complexity index is 1330. The number of benzene rings is 3. The Labute approximate surface area is 200 Å². The average molecular weight is 477 g/mol. The van der Waals surface area contributed by atoms with Gasteiger partial charge in [0.05, 0.1) is 15.6 Å². The van der Waals surface area contributed by atoms with Gasteiger partial charge in [0.15, 0.2) is 10.9 Å². The van der Waals surface area contributed by atoms with Crippen molar-refractivity contribution in [1.29, 1.82) is 0 Å². The van der Waals surface area contributed by atoms with Gasteiger partial charge in [0.2, 0.25) is 0 Å². The lowest BCUT2D eigenvalue weighted by atomic mass is 9.88. The zero-order valence-corrected chi connectivity index (χ0v) is 19.2. The van der Waals surface area contributed by atoms with Gasteiger partial charge in [-0.2, -0.15) is 0 Å². The first-order valence-electron chi connectivity index (χ1n) is 10.8. The number of para-hydroxylation sites is 1. The van der Waals surface area contributed by atoms with E-state index in [1.807, 2.05) is 54.6 Å². The van der Waals surface area contributed by atoms with E-state index < -0.39 is 17.8 Å². The van der Waals surface area contributed by atoms with Crippen molar-refractivity contribution in [2.75, 3.05) is 5.32 Å². The number of nitrogens with zero attached hydrogens (tertiary/aromatic N) is 1. The minimum Gasteiger partial charge on any atom is -0.481 e. The van der Waals surface area contributed by atoms with E-state index in [4.69, 9.17) is 11.6 Å². The highest BCUT2D eigenvalue weighted by Gasteiger charge is 2.37. The molecule has 1 heterocycles. The van der Waals surface area contributed by atoms with Gasteiger partial charge in [-0.25, -0.2) is 4.98 Å². The maximum absolute atomic E-state index is 12.8. The normalized spacial score (nSPS) is 17.8. The van der Waals surface area contributed by atoms with Crippen LogP contribution in [-0.4, -0.2) is 21.8 Å². The van der Waals surface area contributed by atoms with Gasteiger partial charge in [0.25, 0.3) is 0 Å². The second-order valence-corrected chi connectivity index (χ2v) is 9.67. The number of rotatable bonds is 6. The van der Waals surface area contributed by atoms with Gasteiger partial charge in [-0.3, -0.25) is 9.59 Å². The molecule has 0 amide bonds. The molecule has 33 heavy (non-hydrogen) atoms. The maximum atomic E-state index is 12.8. The van der Waals surface area contributed by atoms with Crippen LogP contribution in [0.3, 0.4) is 0 Å². The number of carboxylic acid groups (broad SMARTS) is 1. The molecule has 2 atom stereocenters. The highest BCUT2D eigenvalue weighted by molar-refractivity contribution is 7.22. The first-order chi connectivity index (χ1) is 16.0. The minimum atomic E-state index is -0.870. The molecule has 5 nitrogen and oxygen atoms in total. The van der Waals surface area contributed by atoms with Gasteiger partial charge in [-0.15, -0.1) is 0 Å². The van der Waals surface area contributed by atoms with Crippen LogP contribution in [0.5, 0.6) is 0 Å². The molecule has 1 aromatic heterocycles. The van der Waals surface area contributed by atoms with Crippen molar-refractivity contribution in [3.63, 3.8) is 0 Å². The number of carboxylic acids is 1. The molecular weight excluding hydrogens is 456 g/mol. The summed E-state index contributed by atoms with van der Waals surface area (Å²) in [5.74, 6) is -1.92. The fraction of sp³-hybridized carbons (Fsp3) is 0.192. The molecule has 0 spiro atoms. The number of anilines is 2. The van der Waals surface area contributed by atoms with E-state index in [9.17, 15) is 14.7 Å². The summed E-state index contributed by atoms with van der Waals surface area (Å²) in [5, 5.41) is 14.1. The number of hydrogen-bond donors (Lipinski definition) is 2. The number of Topliss-reactive ketones (excluding diaryl/α,β-unsaturated/α-hetero) is 1. The van der Waals surface area contributed by atoms with E-state index in [2.05, 4.69) is 10.3 Å². The van der Waals surface area contributed by atoms with E-state index in [0.29, 0.717) is 23.4 Å². The van der Waals surface area contributed by atoms with Crippen molar-refractivity contribution in [3.8, 4) is 11.1 Å². The van der Waals surface area contributed by atoms with Crippen molar-refractivity contribution < 1.29 is 14.7 Å². The molecule has 2 unspecified atom stereocenters. The van der Waals surface area contributed by atoms with E-state index >= 15 is 0 Å². The van der Waals surface area contributed by atoms with Gasteiger partial charge < -0.3 is 10.4 Å². The molecule has 5 rings (SSSR count). The summed E-state index contributed by atoms with van der Waals surface area (Å²) >= 11 is 7.77. The molecule has 0 aliphatic heterocycles. The zero-order valence-electron chi connectivity index (χ0n) is 17.6. The van der Waals surface area contributed by atoms with E-state index in [-0.39, 0.29) is 5.78 Å². The molecule has 1 fully saturated rings. The molecule has 1 saturated carbocycles. The third-order valence-electron chi connectivity index (χ3n) is 6.18. The summed E-state index contributed by atoms with van der Waals surface area (Å²) in [6.45, 7) is 0. The maximum Gasteiger partial charge on any atom is 0.307 e. The van der Waals surface area contributed by atoms with Crippen molar-refractivity contribution in [1.82, 2.24) is 4.98 Å². The van der Waals surface area contributed by atoms with Crippen LogP contribution >= 0.6 is 22.9 Å². The predicted octanol–water partition coefficient (Wildman–Crippen LogP) is 7.04. The minimum absolute atomic E-state index is 0.0677. The first kappa shape index (κ1) is 21.6. The van der Waals surface area contributed by atoms with Crippen LogP contribution in [0.25, 0.3) is 21.3 Å². The number of aliphatic carboxylic acids is 1. The largest absolute Gasteiger partial charge is 0.481 e. The Morgan fingerprint density at radius 2 is 1.61 bits per heavy atom. The molecule has 3 aromatic carbocycles. The Morgan fingerprint density at radius 1 is 0.939 bits per heavy atom. The summed E-state index contributed by atoms with van der Waals surface area (Å²) in [6.07, 6.45) is 2.01. The molecule has 1 aliphatic carbocycles. The molecule has 2 N–H and O–H groups in total. The molecule has 7 heteroatoms. The number of thiazole rings is 1. The number of ketones is 1. The van der Waals surface area contributed by atoms with Crippen LogP contribution in [0.4, 0.5) is 10.8 Å². The monoisotopic (exact) mass is 476 g/mol. The second kappa shape index (κ2) is 8.96. The number of nitrogens with one attached hydrogen (secondary N) is 1. The zero-order chi connectivity index (χ0) is 22.9. The van der Waals surface area contributed by atoms with Crippen LogP contribution in [-0.2, 0) is 4.79 Å². The molecular formula is C26H21ClN2O3S. The Hall–Kier alpha value is -3.22. The van der Waals surface area contributed by atoms with Crippen LogP contribution in [0.2, 0.25) is 5.02 Å². The lowest BCUT2D eigenvalue weighted by Gasteiger charge is -2.14. The number of halogens is 1. The Balaban J connectivity index is 1.29. The van der Waals surface area contributed by atoms with Gasteiger partial charge in [0.1, 0.15) is 5.52 Å². The third kappa shape index (κ3) is 4.36. The highest BCUT2D eigenvalue weighted by atomic mass is 35.5. The molecule has 0 bridgehead atoms. The molecule has 1 aliphatic rings. The van der Waals surface area contributed by atoms with Gasteiger partial charge in [-0.1, -0.05) is 71.8 Å². The number of aromatic nitrogens is 1. The fourth-order valence-corrected chi connectivity index (χ4v) is 5.63. The van der Waals surface area contributed by atoms with E-state index in [1.165, 1.54) is 0 Å². The van der Waals surface area contributed by atoms with E-state index in [0.717, 1.165) is 38.6 Å². The summed E-state index contributed by atoms with van der Waals surface area (Å²) in [6, 6.07) is 21.2. The van der Waals surface area contributed by atoms with Gasteiger partial charge in [-0.05, 0) is 48.2 Å². The summed E-state index contributed by atoms with van der Waals surface area (Å²) < 4.78 is 1.03. The van der Waals surface area contributed by atoms with Crippen LogP contribution < -0.4 is 5.32 Å².